The first-order valence-corrected chi connectivity index (χ1v) is 7.38. The van der Waals surface area contributed by atoms with Gasteiger partial charge in [0.05, 0.1) is 6.04 Å². The van der Waals surface area contributed by atoms with Crippen LogP contribution < -0.4 is 0 Å². The Morgan fingerprint density at radius 2 is 1.79 bits per heavy atom. The number of benzene rings is 1. The van der Waals surface area contributed by atoms with E-state index >= 15 is 0 Å². The summed E-state index contributed by atoms with van der Waals surface area (Å²) in [6.07, 6.45) is 1.06. The Balaban J connectivity index is 1.45. The van der Waals surface area contributed by atoms with Gasteiger partial charge in [-0.1, -0.05) is 30.3 Å². The maximum atomic E-state index is 12.7. The Bertz CT molecular complexity index is 479. The molecule has 3 atom stereocenters. The number of piperazine rings is 3. The van der Waals surface area contributed by atoms with E-state index in [0.29, 0.717) is 11.7 Å². The summed E-state index contributed by atoms with van der Waals surface area (Å²) in [5.41, 5.74) is 1.34. The van der Waals surface area contributed by atoms with Crippen molar-refractivity contribution in [3.8, 4) is 0 Å². The van der Waals surface area contributed by atoms with Gasteiger partial charge in [-0.15, -0.1) is 0 Å². The molecule has 0 aromatic heterocycles. The highest BCUT2D eigenvalue weighted by atomic mass is 16.1. The van der Waals surface area contributed by atoms with Gasteiger partial charge in [-0.3, -0.25) is 14.6 Å². The van der Waals surface area contributed by atoms with E-state index in [9.17, 15) is 4.79 Å². The maximum absolute atomic E-state index is 12.7. The van der Waals surface area contributed by atoms with Crippen molar-refractivity contribution in [2.45, 2.75) is 18.4 Å². The maximum Gasteiger partial charge on any atom is 0.154 e. The Kier molecular flexibility index (Phi) is 2.71. The fourth-order valence-electron chi connectivity index (χ4n) is 3.71. The standard InChI is InChI=1S/C16H20N2O/c19-16(15-11-17-6-8-18(15)9-7-17)14-10-13(14)12-4-2-1-3-5-12/h1-5,13-15H,6-11H2. The van der Waals surface area contributed by atoms with Gasteiger partial charge in [0.1, 0.15) is 0 Å². The number of carbonyl (C=O) groups is 1. The van der Waals surface area contributed by atoms with E-state index in [1.54, 1.807) is 0 Å². The van der Waals surface area contributed by atoms with Gasteiger partial charge in [-0.05, 0) is 17.9 Å². The van der Waals surface area contributed by atoms with Crippen LogP contribution in [0.2, 0.25) is 0 Å². The van der Waals surface area contributed by atoms with E-state index in [0.717, 1.165) is 39.1 Å². The molecule has 1 aromatic rings. The summed E-state index contributed by atoms with van der Waals surface area (Å²) in [5.74, 6) is 1.27. The van der Waals surface area contributed by atoms with Crippen molar-refractivity contribution >= 4 is 5.78 Å². The molecule has 3 heteroatoms. The fourth-order valence-corrected chi connectivity index (χ4v) is 3.71. The lowest BCUT2D eigenvalue weighted by molar-refractivity contribution is -0.130. The molecule has 3 heterocycles. The highest BCUT2D eigenvalue weighted by molar-refractivity contribution is 5.90. The first kappa shape index (κ1) is 11.6. The predicted molar refractivity (Wildman–Crippen MR) is 74.1 cm³/mol. The zero-order chi connectivity index (χ0) is 12.8. The highest BCUT2D eigenvalue weighted by Gasteiger charge is 2.48. The Morgan fingerprint density at radius 1 is 1.05 bits per heavy atom. The zero-order valence-electron chi connectivity index (χ0n) is 11.2. The molecule has 4 fully saturated rings. The second kappa shape index (κ2) is 4.43. The third-order valence-corrected chi connectivity index (χ3v) is 4.99. The molecule has 19 heavy (non-hydrogen) atoms. The largest absolute Gasteiger partial charge is 0.299 e. The molecule has 5 rings (SSSR count). The molecule has 0 amide bonds. The normalized spacial score (nSPS) is 40.1. The van der Waals surface area contributed by atoms with E-state index in [1.807, 2.05) is 6.07 Å². The summed E-state index contributed by atoms with van der Waals surface area (Å²) in [6, 6.07) is 10.7. The van der Waals surface area contributed by atoms with E-state index < -0.39 is 0 Å². The molecule has 3 aliphatic heterocycles. The number of ketones is 1. The molecule has 0 radical (unpaired) electrons. The molecule has 1 saturated carbocycles. The highest BCUT2D eigenvalue weighted by Crippen LogP contribution is 2.49. The van der Waals surface area contributed by atoms with Crippen molar-refractivity contribution < 1.29 is 4.79 Å². The first-order valence-electron chi connectivity index (χ1n) is 7.38. The Labute approximate surface area is 114 Å². The van der Waals surface area contributed by atoms with Gasteiger partial charge in [-0.25, -0.2) is 0 Å². The molecular weight excluding hydrogens is 236 g/mol. The molecule has 0 spiro atoms. The van der Waals surface area contributed by atoms with Crippen LogP contribution in [0.3, 0.4) is 0 Å². The molecule has 3 nitrogen and oxygen atoms in total. The molecule has 3 saturated heterocycles. The van der Waals surface area contributed by atoms with Gasteiger partial charge in [-0.2, -0.15) is 0 Å². The van der Waals surface area contributed by atoms with Crippen molar-refractivity contribution in [2.75, 3.05) is 32.7 Å². The number of fused-ring (bicyclic) bond motifs is 3. The van der Waals surface area contributed by atoms with Gasteiger partial charge in [0.15, 0.2) is 5.78 Å². The minimum atomic E-state index is 0.182. The molecule has 4 aliphatic rings. The summed E-state index contributed by atoms with van der Waals surface area (Å²) < 4.78 is 0. The van der Waals surface area contributed by atoms with Crippen molar-refractivity contribution in [1.82, 2.24) is 9.80 Å². The number of nitrogens with zero attached hydrogens (tertiary/aromatic N) is 2. The van der Waals surface area contributed by atoms with Crippen molar-refractivity contribution in [1.29, 1.82) is 0 Å². The van der Waals surface area contributed by atoms with Crippen LogP contribution in [-0.2, 0) is 4.79 Å². The number of carbonyl (C=O) groups excluding carboxylic acids is 1. The lowest BCUT2D eigenvalue weighted by Crippen LogP contribution is -2.63. The Morgan fingerprint density at radius 3 is 2.42 bits per heavy atom. The summed E-state index contributed by atoms with van der Waals surface area (Å²) >= 11 is 0. The first-order chi connectivity index (χ1) is 9.33. The van der Waals surface area contributed by atoms with Crippen LogP contribution in [0.15, 0.2) is 30.3 Å². The van der Waals surface area contributed by atoms with Crippen LogP contribution in [-0.4, -0.2) is 54.3 Å². The Hall–Kier alpha value is -1.19. The average molecular weight is 256 g/mol. The summed E-state index contributed by atoms with van der Waals surface area (Å²) in [4.78, 5) is 17.5. The second-order valence-corrected chi connectivity index (χ2v) is 6.11. The minimum absolute atomic E-state index is 0.182. The molecule has 2 bridgehead atoms. The fraction of sp³-hybridized carbons (Fsp3) is 0.562. The monoisotopic (exact) mass is 256 g/mol. The topological polar surface area (TPSA) is 23.6 Å². The van der Waals surface area contributed by atoms with Gasteiger partial charge < -0.3 is 0 Å². The zero-order valence-corrected chi connectivity index (χ0v) is 11.2. The molecular formula is C16H20N2O. The van der Waals surface area contributed by atoms with Crippen LogP contribution in [0.4, 0.5) is 0 Å². The van der Waals surface area contributed by atoms with E-state index in [1.165, 1.54) is 5.56 Å². The minimum Gasteiger partial charge on any atom is -0.299 e. The van der Waals surface area contributed by atoms with Gasteiger partial charge in [0.2, 0.25) is 0 Å². The summed E-state index contributed by atoms with van der Waals surface area (Å²) in [7, 11) is 0. The van der Waals surface area contributed by atoms with Crippen LogP contribution in [0.5, 0.6) is 0 Å². The van der Waals surface area contributed by atoms with Gasteiger partial charge in [0.25, 0.3) is 0 Å². The van der Waals surface area contributed by atoms with E-state index in [-0.39, 0.29) is 12.0 Å². The third-order valence-electron chi connectivity index (χ3n) is 4.99. The van der Waals surface area contributed by atoms with Gasteiger partial charge in [0, 0.05) is 38.6 Å². The smallest absolute Gasteiger partial charge is 0.154 e. The number of hydrogen-bond donors (Lipinski definition) is 0. The van der Waals surface area contributed by atoms with Crippen LogP contribution in [0.25, 0.3) is 0 Å². The lowest BCUT2D eigenvalue weighted by Gasteiger charge is -2.46. The van der Waals surface area contributed by atoms with Crippen LogP contribution in [0.1, 0.15) is 17.9 Å². The summed E-state index contributed by atoms with van der Waals surface area (Å²) in [6.45, 7) is 5.43. The second-order valence-electron chi connectivity index (χ2n) is 6.11. The number of hydrogen-bond acceptors (Lipinski definition) is 3. The van der Waals surface area contributed by atoms with Crippen LogP contribution >= 0.6 is 0 Å². The average Bonchev–Trinajstić information content (AvgIpc) is 3.29. The van der Waals surface area contributed by atoms with Gasteiger partial charge >= 0.3 is 0 Å². The molecule has 1 aromatic carbocycles. The van der Waals surface area contributed by atoms with Crippen molar-refractivity contribution in [2.24, 2.45) is 5.92 Å². The number of rotatable bonds is 3. The van der Waals surface area contributed by atoms with Crippen molar-refractivity contribution in [3.63, 3.8) is 0 Å². The molecule has 0 N–H and O–H groups in total. The lowest BCUT2D eigenvalue weighted by atomic mass is 9.98. The quantitative estimate of drug-likeness (QED) is 0.816. The predicted octanol–water partition coefficient (Wildman–Crippen LogP) is 1.36. The summed E-state index contributed by atoms with van der Waals surface area (Å²) in [5, 5.41) is 0. The third kappa shape index (κ3) is 2.01. The molecule has 3 unspecified atom stereocenters. The molecule has 100 valence electrons. The van der Waals surface area contributed by atoms with E-state index in [4.69, 9.17) is 0 Å². The SMILES string of the molecule is O=C(C1CC1c1ccccc1)C1CN2CCN1CC2. The van der Waals surface area contributed by atoms with Crippen LogP contribution in [0, 0.1) is 5.92 Å². The van der Waals surface area contributed by atoms with E-state index in [2.05, 4.69) is 34.1 Å². The number of Topliss-reactive ketones (excluding diaryl/α,β-unsaturated/α-hetero) is 1. The van der Waals surface area contributed by atoms with Crippen molar-refractivity contribution in [3.05, 3.63) is 35.9 Å². The molecule has 1 aliphatic carbocycles.